The number of alkyl halides is 2. The van der Waals surface area contributed by atoms with E-state index in [1.807, 2.05) is 4.98 Å². The number of nitrogens with zero attached hydrogens (tertiary/aromatic N) is 4. The van der Waals surface area contributed by atoms with E-state index in [0.29, 0.717) is 0 Å². The fourth-order valence-electron chi connectivity index (χ4n) is 3.02. The minimum atomic E-state index is -7.04. The van der Waals surface area contributed by atoms with Crippen LogP contribution in [0.4, 0.5) is 8.78 Å². The van der Waals surface area contributed by atoms with Gasteiger partial charge in [-0.3, -0.25) is 28.0 Å². The van der Waals surface area contributed by atoms with Crippen molar-refractivity contribution in [1.82, 2.24) is 9.55 Å². The van der Waals surface area contributed by atoms with E-state index in [1.54, 1.807) is 0 Å². The molecular weight excluding hydrogens is 624 g/mol. The summed E-state index contributed by atoms with van der Waals surface area (Å²) in [5.74, 6) is -1.07. The lowest BCUT2D eigenvalue weighted by Gasteiger charge is -2.42. The molecule has 3 radical (unpaired) electrons. The quantitative estimate of drug-likeness (QED) is 0.0639. The molecule has 6 atom stereocenters. The lowest BCUT2D eigenvalue weighted by Crippen LogP contribution is -2.33. The van der Waals surface area contributed by atoms with E-state index < -0.39 is 82.5 Å². The third kappa shape index (κ3) is 8.45. The number of hydrogen-bond acceptors (Lipinski definition) is 14. The molecule has 0 saturated carbocycles. The summed E-state index contributed by atoms with van der Waals surface area (Å²) in [5.41, 5.74) is 6.12. The van der Waals surface area contributed by atoms with Crippen molar-refractivity contribution >= 4 is 36.2 Å². The molecule has 1 aliphatic rings. The maximum absolute atomic E-state index is 14.4. The average Bonchev–Trinajstić information content (AvgIpc) is 3.21. The first-order valence-corrected chi connectivity index (χ1v) is 15.8. The summed E-state index contributed by atoms with van der Waals surface area (Å²) in [4.78, 5) is 63.8. The van der Waals surface area contributed by atoms with Gasteiger partial charge in [0.15, 0.2) is 6.79 Å². The fraction of sp³-hybridized carbons (Fsp3) is 0.706. The zero-order chi connectivity index (χ0) is 31.6. The lowest BCUT2D eigenvalue weighted by molar-refractivity contribution is -0.237. The Morgan fingerprint density at radius 2 is 1.88 bits per heavy atom. The van der Waals surface area contributed by atoms with Crippen LogP contribution in [0.2, 0.25) is 0 Å². The predicted octanol–water partition coefficient (Wildman–Crippen LogP) is 1.34. The van der Waals surface area contributed by atoms with Crippen LogP contribution in [0.25, 0.3) is 10.4 Å². The van der Waals surface area contributed by atoms with Gasteiger partial charge < -0.3 is 45.0 Å². The zero-order valence-corrected chi connectivity index (χ0v) is 24.4. The van der Waals surface area contributed by atoms with Gasteiger partial charge in [0.2, 0.25) is 15.2 Å². The highest BCUT2D eigenvalue weighted by molar-refractivity contribution is 7.85. The standard InChI is InChI=1S/C17H25BF2N5O13P3/c1-9-6-25(15(28)22-13(9)26)12-5-10(23-24-21)11(37-12)7-35-41(18,33)38-40(31,32)17(19,20)39(29,30)36-8-34-14(27)16(2,3)4/h6,10-12H,5,7-8H2,1-4H3,(H,29,30)(H,31,32)(H,22,26,28)/q-1/p-2/t10-,11-,12-,41?/m1/s1. The second kappa shape index (κ2) is 12.6. The first-order chi connectivity index (χ1) is 18.5. The molecule has 41 heavy (non-hydrogen) atoms. The lowest BCUT2D eigenvalue weighted by atomic mass is 9.98. The number of aromatic nitrogens is 2. The Balaban J connectivity index is 2.13. The largest absolute Gasteiger partial charge is 0.774 e. The van der Waals surface area contributed by atoms with E-state index in [-0.39, 0.29) is 12.0 Å². The molecule has 1 N–H and O–H groups in total. The Morgan fingerprint density at radius 1 is 1.27 bits per heavy atom. The smallest absolute Gasteiger partial charge is 0.369 e. The molecule has 0 aliphatic carbocycles. The molecule has 0 amide bonds. The second-order valence-corrected chi connectivity index (χ2v) is 15.2. The first kappa shape index (κ1) is 35.0. The van der Waals surface area contributed by atoms with Gasteiger partial charge in [-0.1, -0.05) is 5.11 Å². The number of rotatable bonds is 12. The summed E-state index contributed by atoms with van der Waals surface area (Å²) in [5, 5.41) is -2.46. The van der Waals surface area contributed by atoms with Crippen LogP contribution in [0, 0.1) is 12.3 Å². The van der Waals surface area contributed by atoms with Crippen molar-refractivity contribution in [3.8, 4) is 0 Å². The van der Waals surface area contributed by atoms with E-state index in [2.05, 4.69) is 28.1 Å². The summed E-state index contributed by atoms with van der Waals surface area (Å²) in [7, 11) is -14.3. The normalized spacial score (nSPS) is 24.0. The molecule has 2 rings (SSSR count). The van der Waals surface area contributed by atoms with Gasteiger partial charge in [0.05, 0.1) is 31.6 Å². The third-order valence-electron chi connectivity index (χ3n) is 5.18. The molecule has 1 saturated heterocycles. The maximum Gasteiger partial charge on any atom is 0.369 e. The van der Waals surface area contributed by atoms with Crippen molar-refractivity contribution < 1.29 is 59.9 Å². The highest BCUT2D eigenvalue weighted by Crippen LogP contribution is 2.75. The van der Waals surface area contributed by atoms with E-state index in [4.69, 9.17) is 17.8 Å². The predicted molar refractivity (Wildman–Crippen MR) is 130 cm³/mol. The van der Waals surface area contributed by atoms with E-state index in [9.17, 15) is 46.6 Å². The molecule has 0 bridgehead atoms. The van der Waals surface area contributed by atoms with Gasteiger partial charge in [0, 0.05) is 23.1 Å². The SMILES string of the molecule is [B-]P(=O)(OC[C@H]1O[C@@H](n2cc(C)c(=O)[nH]c2=O)C[C@H]1N=[N+]=[N-])OP(=O)([O-])C(F)(F)P(=O)([O-])OCOC(=O)C(C)(C)C. The molecule has 2 heterocycles. The van der Waals surface area contributed by atoms with Crippen molar-refractivity contribution in [3.05, 3.63) is 43.0 Å². The Kier molecular flexibility index (Phi) is 10.8. The van der Waals surface area contributed by atoms with Crippen molar-refractivity contribution in [1.29, 1.82) is 0 Å². The van der Waals surface area contributed by atoms with Gasteiger partial charge in [0.1, 0.15) is 6.23 Å². The first-order valence-electron chi connectivity index (χ1n) is 11.1. The van der Waals surface area contributed by atoms with Crippen LogP contribution in [0.5, 0.6) is 0 Å². The van der Waals surface area contributed by atoms with Crippen LogP contribution in [0.15, 0.2) is 20.9 Å². The molecule has 1 aliphatic heterocycles. The molecule has 1 aromatic rings. The molecule has 18 nitrogen and oxygen atoms in total. The topological polar surface area (TPSA) is 264 Å². The number of carbonyl (C=O) groups is 1. The highest BCUT2D eigenvalue weighted by atomic mass is 31.3. The molecule has 0 aromatic carbocycles. The molecule has 24 heteroatoms. The Labute approximate surface area is 230 Å². The maximum atomic E-state index is 14.4. The molecule has 1 aromatic heterocycles. The van der Waals surface area contributed by atoms with Crippen molar-refractivity contribution in [2.45, 2.75) is 57.9 Å². The van der Waals surface area contributed by atoms with Crippen molar-refractivity contribution in [2.75, 3.05) is 13.4 Å². The summed E-state index contributed by atoms with van der Waals surface area (Å²) in [6.07, 6.45) is -1.68. The fourth-order valence-corrected chi connectivity index (χ4v) is 7.20. The highest BCUT2D eigenvalue weighted by Gasteiger charge is 2.55. The summed E-state index contributed by atoms with van der Waals surface area (Å²) < 4.78 is 88.0. The van der Waals surface area contributed by atoms with E-state index in [1.165, 1.54) is 27.7 Å². The van der Waals surface area contributed by atoms with E-state index in [0.717, 1.165) is 10.8 Å². The summed E-state index contributed by atoms with van der Waals surface area (Å²) in [6, 6.07) is -1.17. The summed E-state index contributed by atoms with van der Waals surface area (Å²) >= 11 is 0. The number of nitrogens with one attached hydrogen (secondary N) is 1. The van der Waals surface area contributed by atoms with Gasteiger partial charge in [-0.2, -0.15) is 8.78 Å². The number of ether oxygens (including phenoxy) is 2. The van der Waals surface area contributed by atoms with Crippen molar-refractivity contribution in [2.24, 2.45) is 10.5 Å². The van der Waals surface area contributed by atoms with Crippen LogP contribution >= 0.6 is 22.7 Å². The molecule has 0 spiro atoms. The molecule has 1 fully saturated rings. The minimum Gasteiger partial charge on any atom is -0.774 e. The van der Waals surface area contributed by atoms with Gasteiger partial charge >= 0.3 is 17.1 Å². The zero-order valence-electron chi connectivity index (χ0n) is 21.7. The Morgan fingerprint density at radius 3 is 2.44 bits per heavy atom. The number of azide groups is 1. The number of H-pyrrole nitrogens is 1. The Hall–Kier alpha value is -2.17. The van der Waals surface area contributed by atoms with Crippen LogP contribution in [-0.2, 0) is 41.3 Å². The molecule has 229 valence electrons. The van der Waals surface area contributed by atoms with Crippen LogP contribution in [-0.4, -0.2) is 54.0 Å². The number of carbonyl (C=O) groups excluding carboxylic acids is 1. The number of hydrogen-bond donors (Lipinski definition) is 1. The monoisotopic (exact) mass is 647 g/mol. The third-order valence-corrected chi connectivity index (χ3v) is 10.7. The van der Waals surface area contributed by atoms with Gasteiger partial charge in [-0.15, -0.1) is 0 Å². The van der Waals surface area contributed by atoms with Gasteiger partial charge in [0.25, 0.3) is 5.56 Å². The minimum absolute atomic E-state index is 0.104. The number of esters is 1. The van der Waals surface area contributed by atoms with Crippen LogP contribution < -0.4 is 21.0 Å². The van der Waals surface area contributed by atoms with Gasteiger partial charge in [-0.25, -0.2) is 4.79 Å². The molecular formula is C17H23BF2N5O13P3-3. The number of aromatic amines is 1. The molecule has 3 unspecified atom stereocenters. The van der Waals surface area contributed by atoms with E-state index >= 15 is 0 Å². The summed E-state index contributed by atoms with van der Waals surface area (Å²) in [6.45, 7) is 2.77. The van der Waals surface area contributed by atoms with Crippen LogP contribution in [0.3, 0.4) is 0 Å². The number of aryl methyl sites for hydroxylation is 1. The number of halogens is 2. The average molecular weight is 647 g/mol. The van der Waals surface area contributed by atoms with Gasteiger partial charge in [-0.05, 0) is 33.2 Å². The van der Waals surface area contributed by atoms with Crippen LogP contribution in [0.1, 0.15) is 39.0 Å². The Bertz CT molecular complexity index is 1470. The van der Waals surface area contributed by atoms with Crippen molar-refractivity contribution in [3.63, 3.8) is 0 Å². The second-order valence-electron chi connectivity index (χ2n) is 9.47.